The minimum Gasteiger partial charge on any atom is -0.504 e. The monoisotopic (exact) mass is 423 g/mol. The van der Waals surface area contributed by atoms with E-state index in [4.69, 9.17) is 4.74 Å². The Balaban J connectivity index is 2.17. The van der Waals surface area contributed by atoms with Gasteiger partial charge in [0.05, 0.1) is 18.2 Å². The van der Waals surface area contributed by atoms with Gasteiger partial charge in [0.2, 0.25) is 0 Å². The topological polar surface area (TPSA) is 87.1 Å². The number of aromatic hydroxyl groups is 1. The number of phenolic OH excluding ortho intramolecular Hbond substituents is 1. The first-order valence-corrected chi connectivity index (χ1v) is 10.5. The van der Waals surface area contributed by atoms with Crippen LogP contribution in [0.25, 0.3) is 0 Å². The lowest BCUT2D eigenvalue weighted by Gasteiger charge is -2.28. The molecule has 6 nitrogen and oxygen atoms in total. The molecule has 1 amide bonds. The summed E-state index contributed by atoms with van der Waals surface area (Å²) >= 11 is 0. The van der Waals surface area contributed by atoms with Gasteiger partial charge >= 0.3 is 0 Å². The smallest absolute Gasteiger partial charge is 0.294 e. The van der Waals surface area contributed by atoms with Gasteiger partial charge in [-0.25, -0.2) is 0 Å². The van der Waals surface area contributed by atoms with Crippen LogP contribution in [-0.4, -0.2) is 28.5 Å². The van der Waals surface area contributed by atoms with Crippen molar-refractivity contribution in [3.05, 3.63) is 64.9 Å². The summed E-state index contributed by atoms with van der Waals surface area (Å²) in [6, 6.07) is 11.4. The summed E-state index contributed by atoms with van der Waals surface area (Å²) in [5.74, 6) is -1.32. The van der Waals surface area contributed by atoms with Crippen molar-refractivity contribution >= 4 is 17.4 Å². The third kappa shape index (κ3) is 4.15. The maximum Gasteiger partial charge on any atom is 0.294 e. The molecule has 1 aliphatic rings. The Morgan fingerprint density at radius 3 is 2.26 bits per heavy atom. The van der Waals surface area contributed by atoms with Crippen LogP contribution in [0.15, 0.2) is 53.8 Å². The van der Waals surface area contributed by atoms with E-state index in [-0.39, 0.29) is 22.9 Å². The fourth-order valence-corrected chi connectivity index (χ4v) is 3.74. The molecular formula is C25H29NO5. The Kier molecular flexibility index (Phi) is 6.39. The van der Waals surface area contributed by atoms with Crippen molar-refractivity contribution in [3.8, 4) is 11.5 Å². The third-order valence-electron chi connectivity index (χ3n) is 5.44. The number of rotatable bonds is 7. The number of benzene rings is 2. The van der Waals surface area contributed by atoms with Crippen LogP contribution in [-0.2, 0) is 9.59 Å². The molecule has 164 valence electrons. The second kappa shape index (κ2) is 8.84. The molecule has 0 bridgehead atoms. The van der Waals surface area contributed by atoms with Crippen LogP contribution in [0, 0.1) is 5.92 Å². The van der Waals surface area contributed by atoms with Gasteiger partial charge in [-0.3, -0.25) is 14.5 Å². The van der Waals surface area contributed by atoms with Gasteiger partial charge < -0.3 is 14.9 Å². The van der Waals surface area contributed by atoms with E-state index in [1.54, 1.807) is 32.9 Å². The van der Waals surface area contributed by atoms with Gasteiger partial charge in [-0.15, -0.1) is 0 Å². The normalized spacial score (nSPS) is 16.5. The Bertz CT molecular complexity index is 1020. The second-order valence-electron chi connectivity index (χ2n) is 8.27. The number of ether oxygens (including phenoxy) is 1. The molecule has 0 radical (unpaired) electrons. The molecule has 0 saturated heterocycles. The summed E-state index contributed by atoms with van der Waals surface area (Å²) in [6.45, 7) is 9.76. The van der Waals surface area contributed by atoms with E-state index in [0.717, 1.165) is 5.56 Å². The maximum absolute atomic E-state index is 13.1. The van der Waals surface area contributed by atoms with Crippen LogP contribution in [0.5, 0.6) is 11.5 Å². The zero-order valence-electron chi connectivity index (χ0n) is 18.5. The molecule has 1 aliphatic heterocycles. The quantitative estimate of drug-likeness (QED) is 0.651. The number of carbonyl (C=O) groups is 2. The number of aliphatic hydroxyl groups excluding tert-OH is 1. The molecule has 31 heavy (non-hydrogen) atoms. The summed E-state index contributed by atoms with van der Waals surface area (Å²) < 4.78 is 5.50. The first-order valence-electron chi connectivity index (χ1n) is 10.5. The van der Waals surface area contributed by atoms with Gasteiger partial charge in [0.15, 0.2) is 23.0 Å². The van der Waals surface area contributed by atoms with Gasteiger partial charge in [-0.05, 0) is 48.2 Å². The predicted molar refractivity (Wildman–Crippen MR) is 120 cm³/mol. The van der Waals surface area contributed by atoms with E-state index >= 15 is 0 Å². The summed E-state index contributed by atoms with van der Waals surface area (Å²) in [4.78, 5) is 27.5. The summed E-state index contributed by atoms with van der Waals surface area (Å²) in [5.41, 5.74) is 2.31. The number of hydrogen-bond acceptors (Lipinski definition) is 5. The SMILES string of the molecule is CCOc1cc(C2C(C(=O)C(C)C)=C(O)C(=O)N2c2ccc(C(C)C)cc2)ccc1O. The average molecular weight is 424 g/mol. The van der Waals surface area contributed by atoms with Crippen molar-refractivity contribution in [1.82, 2.24) is 0 Å². The third-order valence-corrected chi connectivity index (χ3v) is 5.44. The number of nitrogens with zero attached hydrogens (tertiary/aromatic N) is 1. The fourth-order valence-electron chi connectivity index (χ4n) is 3.74. The number of carbonyl (C=O) groups excluding carboxylic acids is 2. The molecule has 6 heteroatoms. The Morgan fingerprint density at radius 1 is 1.06 bits per heavy atom. The standard InChI is InChI=1S/C25H29NO5/c1-6-31-20-13-17(9-12-19(20)27)22-21(23(28)15(4)5)24(29)25(30)26(22)18-10-7-16(8-11-18)14(2)3/h7-15,22,27,29H,6H2,1-5H3. The lowest BCUT2D eigenvalue weighted by Crippen LogP contribution is -2.31. The lowest BCUT2D eigenvalue weighted by molar-refractivity contribution is -0.119. The molecule has 1 unspecified atom stereocenters. The number of phenols is 1. The number of ketones is 1. The molecular weight excluding hydrogens is 394 g/mol. The van der Waals surface area contributed by atoms with Gasteiger partial charge in [0.1, 0.15) is 0 Å². The van der Waals surface area contributed by atoms with E-state index < -0.39 is 23.6 Å². The van der Waals surface area contributed by atoms with Crippen molar-refractivity contribution in [1.29, 1.82) is 0 Å². The number of aliphatic hydroxyl groups is 1. The Hall–Kier alpha value is -3.28. The Morgan fingerprint density at radius 2 is 1.71 bits per heavy atom. The number of anilines is 1. The van der Waals surface area contributed by atoms with Gasteiger partial charge in [0.25, 0.3) is 5.91 Å². The van der Waals surface area contributed by atoms with Crippen LogP contribution in [0.1, 0.15) is 57.7 Å². The zero-order valence-corrected chi connectivity index (χ0v) is 18.5. The van der Waals surface area contributed by atoms with Crippen LogP contribution < -0.4 is 9.64 Å². The number of Topliss-reactive ketones (excluding diaryl/α,β-unsaturated/α-hetero) is 1. The molecule has 0 saturated carbocycles. The first-order chi connectivity index (χ1) is 14.7. The number of amides is 1. The molecule has 0 aromatic heterocycles. The fraction of sp³-hybridized carbons (Fsp3) is 0.360. The van der Waals surface area contributed by atoms with Gasteiger partial charge in [-0.1, -0.05) is 45.9 Å². The lowest BCUT2D eigenvalue weighted by atomic mass is 9.91. The molecule has 1 atom stereocenters. The largest absolute Gasteiger partial charge is 0.504 e. The molecule has 0 spiro atoms. The molecule has 1 heterocycles. The van der Waals surface area contributed by atoms with E-state index in [9.17, 15) is 19.8 Å². The van der Waals surface area contributed by atoms with E-state index in [0.29, 0.717) is 23.8 Å². The molecule has 0 aliphatic carbocycles. The summed E-state index contributed by atoms with van der Waals surface area (Å²) in [7, 11) is 0. The van der Waals surface area contributed by atoms with Crippen LogP contribution in [0.3, 0.4) is 0 Å². The minimum absolute atomic E-state index is 0.0345. The van der Waals surface area contributed by atoms with Crippen molar-refractivity contribution in [3.63, 3.8) is 0 Å². The molecule has 0 fully saturated rings. The van der Waals surface area contributed by atoms with E-state index in [2.05, 4.69) is 13.8 Å². The second-order valence-corrected chi connectivity index (χ2v) is 8.27. The highest BCUT2D eigenvalue weighted by molar-refractivity contribution is 6.16. The summed E-state index contributed by atoms with van der Waals surface area (Å²) in [6.07, 6.45) is 0. The van der Waals surface area contributed by atoms with Crippen molar-refractivity contribution in [2.75, 3.05) is 11.5 Å². The van der Waals surface area contributed by atoms with Crippen LogP contribution in [0.4, 0.5) is 5.69 Å². The molecule has 2 aromatic rings. The van der Waals surface area contributed by atoms with Crippen LogP contribution in [0.2, 0.25) is 0 Å². The zero-order chi connectivity index (χ0) is 22.9. The first kappa shape index (κ1) is 22.4. The maximum atomic E-state index is 13.1. The summed E-state index contributed by atoms with van der Waals surface area (Å²) in [5, 5.41) is 20.8. The van der Waals surface area contributed by atoms with Gasteiger partial charge in [-0.2, -0.15) is 0 Å². The molecule has 3 rings (SSSR count). The molecule has 2 N–H and O–H groups in total. The van der Waals surface area contributed by atoms with Crippen molar-refractivity contribution in [2.24, 2.45) is 5.92 Å². The highest BCUT2D eigenvalue weighted by Crippen LogP contribution is 2.43. The van der Waals surface area contributed by atoms with Gasteiger partial charge in [0, 0.05) is 11.6 Å². The number of hydrogen-bond donors (Lipinski definition) is 2. The van der Waals surface area contributed by atoms with Crippen LogP contribution >= 0.6 is 0 Å². The highest BCUT2D eigenvalue weighted by Gasteiger charge is 2.45. The molecule has 2 aromatic carbocycles. The van der Waals surface area contributed by atoms with E-state index in [1.807, 2.05) is 24.3 Å². The minimum atomic E-state index is -0.827. The Labute approximate surface area is 182 Å². The average Bonchev–Trinajstić information content (AvgIpc) is 3.00. The van der Waals surface area contributed by atoms with Crippen molar-refractivity contribution < 1.29 is 24.5 Å². The van der Waals surface area contributed by atoms with Crippen molar-refractivity contribution in [2.45, 2.75) is 46.6 Å². The van der Waals surface area contributed by atoms with E-state index in [1.165, 1.54) is 11.0 Å². The highest BCUT2D eigenvalue weighted by atomic mass is 16.5. The predicted octanol–water partition coefficient (Wildman–Crippen LogP) is 5.04.